The van der Waals surface area contributed by atoms with Crippen LogP contribution in [0.3, 0.4) is 0 Å². The molecule has 0 bridgehead atoms. The van der Waals surface area contributed by atoms with E-state index in [4.69, 9.17) is 9.47 Å². The molecule has 0 aliphatic carbocycles. The van der Waals surface area contributed by atoms with Crippen LogP contribution < -0.4 is 5.56 Å². The van der Waals surface area contributed by atoms with E-state index in [2.05, 4.69) is 4.98 Å². The third-order valence-electron chi connectivity index (χ3n) is 5.76. The average Bonchev–Trinajstić information content (AvgIpc) is 3.02. The van der Waals surface area contributed by atoms with Gasteiger partial charge in [0.05, 0.1) is 22.5 Å². The Labute approximate surface area is 170 Å². The monoisotopic (exact) mass is 406 g/mol. The van der Waals surface area contributed by atoms with Crippen LogP contribution in [0.25, 0.3) is 22.3 Å². The van der Waals surface area contributed by atoms with Crippen molar-refractivity contribution in [2.75, 3.05) is 0 Å². The molecule has 1 N–H and O–H groups in total. The Morgan fingerprint density at radius 2 is 2.10 bits per heavy atom. The molecule has 0 fully saturated rings. The molecule has 2 aliphatic rings. The van der Waals surface area contributed by atoms with Crippen LogP contribution in [0.5, 0.6) is 0 Å². The highest BCUT2D eigenvalue weighted by Gasteiger charge is 2.46. The quantitative estimate of drug-likeness (QED) is 0.650. The van der Waals surface area contributed by atoms with Crippen LogP contribution in [0.15, 0.2) is 41.2 Å². The molecule has 8 heteroatoms. The van der Waals surface area contributed by atoms with Crippen molar-refractivity contribution in [3.8, 4) is 11.4 Å². The zero-order chi connectivity index (χ0) is 21.2. The number of cyclic esters (lactones) is 1. The van der Waals surface area contributed by atoms with E-state index in [-0.39, 0.29) is 24.2 Å². The van der Waals surface area contributed by atoms with E-state index in [1.165, 1.54) is 11.5 Å². The third kappa shape index (κ3) is 2.37. The standard InChI is InChI=1S/C22H18N2O6/c1-3-22(28)15-9-17-18-13(8-12-6-4-5-7-16(12)23-18)20(30-11(2)25)24(17)19(26)14(15)10-29-21(22)27/h4-9,20,28H,3,10H2,1-2H3/t20?,22-/m0/s1. The largest absolute Gasteiger partial charge is 0.458 e. The molecule has 0 spiro atoms. The van der Waals surface area contributed by atoms with Crippen LogP contribution in [0.1, 0.15) is 43.2 Å². The Bertz CT molecular complexity index is 1310. The fraction of sp³-hybridized carbons (Fsp3) is 0.273. The summed E-state index contributed by atoms with van der Waals surface area (Å²) in [5.74, 6) is -1.34. The minimum atomic E-state index is -1.92. The SMILES string of the molecule is CC[C@@]1(O)C(=O)OCc2c1cc1n(c2=O)C(OC(C)=O)c2cc3ccccc3nc2-1. The van der Waals surface area contributed by atoms with Crippen molar-refractivity contribution in [2.45, 2.75) is 38.7 Å². The number of hydrogen-bond acceptors (Lipinski definition) is 7. The van der Waals surface area contributed by atoms with Crippen LogP contribution in [0.2, 0.25) is 0 Å². The van der Waals surface area contributed by atoms with Crippen LogP contribution in [0.4, 0.5) is 0 Å². The Morgan fingerprint density at radius 1 is 1.33 bits per heavy atom. The molecule has 0 saturated heterocycles. The summed E-state index contributed by atoms with van der Waals surface area (Å²) in [6.07, 6.45) is -0.942. The number of hydrogen-bond donors (Lipinski definition) is 1. The highest BCUT2D eigenvalue weighted by Crippen LogP contribution is 2.43. The number of carbonyl (C=O) groups is 2. The molecule has 2 atom stereocenters. The maximum atomic E-state index is 13.4. The van der Waals surface area contributed by atoms with E-state index in [1.807, 2.05) is 30.3 Å². The molecule has 152 valence electrons. The number of esters is 2. The molecule has 30 heavy (non-hydrogen) atoms. The second-order valence-electron chi connectivity index (χ2n) is 7.47. The number of para-hydroxylation sites is 1. The normalized spacial score (nSPS) is 21.6. The molecule has 1 unspecified atom stereocenters. The summed E-state index contributed by atoms with van der Waals surface area (Å²) in [6, 6.07) is 10.9. The van der Waals surface area contributed by atoms with Gasteiger partial charge in [0.25, 0.3) is 5.56 Å². The highest BCUT2D eigenvalue weighted by atomic mass is 16.6. The van der Waals surface area contributed by atoms with Crippen LogP contribution >= 0.6 is 0 Å². The second kappa shape index (κ2) is 6.24. The van der Waals surface area contributed by atoms with Gasteiger partial charge in [0.15, 0.2) is 5.60 Å². The van der Waals surface area contributed by atoms with Gasteiger partial charge in [-0.05, 0) is 24.6 Å². The zero-order valence-corrected chi connectivity index (χ0v) is 16.3. The Morgan fingerprint density at radius 3 is 2.83 bits per heavy atom. The van der Waals surface area contributed by atoms with E-state index in [9.17, 15) is 19.5 Å². The van der Waals surface area contributed by atoms with Gasteiger partial charge in [-0.1, -0.05) is 25.1 Å². The molecule has 2 aromatic heterocycles. The maximum Gasteiger partial charge on any atom is 0.343 e. The summed E-state index contributed by atoms with van der Waals surface area (Å²) in [4.78, 5) is 42.2. The van der Waals surface area contributed by atoms with E-state index >= 15 is 0 Å². The number of nitrogens with zero attached hydrogens (tertiary/aromatic N) is 2. The van der Waals surface area contributed by atoms with Crippen LogP contribution in [-0.4, -0.2) is 26.6 Å². The fourth-order valence-electron chi connectivity index (χ4n) is 4.23. The lowest BCUT2D eigenvalue weighted by Gasteiger charge is -2.32. The van der Waals surface area contributed by atoms with Gasteiger partial charge >= 0.3 is 11.9 Å². The van der Waals surface area contributed by atoms with E-state index in [0.717, 1.165) is 5.39 Å². The number of rotatable bonds is 2. The number of carbonyl (C=O) groups excluding carboxylic acids is 2. The molecular formula is C22H18N2O6. The number of aromatic nitrogens is 2. The van der Waals surface area contributed by atoms with Crippen molar-refractivity contribution >= 4 is 22.8 Å². The van der Waals surface area contributed by atoms with Crippen LogP contribution in [0, 0.1) is 0 Å². The molecule has 0 amide bonds. The smallest absolute Gasteiger partial charge is 0.343 e. The number of benzene rings is 1. The first-order valence-electron chi connectivity index (χ1n) is 9.61. The van der Waals surface area contributed by atoms with Crippen LogP contribution in [-0.2, 0) is 31.3 Å². The van der Waals surface area contributed by atoms with Gasteiger partial charge < -0.3 is 14.6 Å². The minimum Gasteiger partial charge on any atom is -0.458 e. The Hall–Kier alpha value is -3.52. The molecule has 0 radical (unpaired) electrons. The second-order valence-corrected chi connectivity index (χ2v) is 7.47. The summed E-state index contributed by atoms with van der Waals surface area (Å²) < 4.78 is 11.9. The highest BCUT2D eigenvalue weighted by molar-refractivity contribution is 5.86. The van der Waals surface area contributed by atoms with Gasteiger partial charge in [-0.25, -0.2) is 9.78 Å². The summed E-state index contributed by atoms with van der Waals surface area (Å²) in [5.41, 5.74) is 0.0925. The number of fused-ring (bicyclic) bond motifs is 5. The number of aliphatic hydroxyl groups is 1. The summed E-state index contributed by atoms with van der Waals surface area (Å²) >= 11 is 0. The number of pyridine rings is 2. The van der Waals surface area contributed by atoms with E-state index < -0.39 is 29.3 Å². The predicted molar refractivity (Wildman–Crippen MR) is 105 cm³/mol. The Kier molecular flexibility index (Phi) is 3.85. The van der Waals surface area contributed by atoms with Crippen molar-refractivity contribution < 1.29 is 24.2 Å². The van der Waals surface area contributed by atoms with Crippen molar-refractivity contribution in [3.63, 3.8) is 0 Å². The number of ether oxygens (including phenoxy) is 2. The predicted octanol–water partition coefficient (Wildman–Crippen LogP) is 2.14. The lowest BCUT2D eigenvalue weighted by Crippen LogP contribution is -2.44. The van der Waals surface area contributed by atoms with Crippen molar-refractivity contribution in [2.24, 2.45) is 0 Å². The van der Waals surface area contributed by atoms with Gasteiger partial charge in [0.1, 0.15) is 6.61 Å². The van der Waals surface area contributed by atoms with Gasteiger partial charge in [-0.2, -0.15) is 0 Å². The fourth-order valence-corrected chi connectivity index (χ4v) is 4.23. The average molecular weight is 406 g/mol. The van der Waals surface area contributed by atoms with Crippen molar-refractivity contribution in [3.05, 3.63) is 63.4 Å². The van der Waals surface area contributed by atoms with Gasteiger partial charge in [0, 0.05) is 23.4 Å². The molecule has 4 heterocycles. The molecule has 2 aliphatic heterocycles. The summed E-state index contributed by atoms with van der Waals surface area (Å²) in [7, 11) is 0. The summed E-state index contributed by atoms with van der Waals surface area (Å²) in [5, 5.41) is 11.8. The molecule has 1 aromatic carbocycles. The van der Waals surface area contributed by atoms with Crippen molar-refractivity contribution in [1.29, 1.82) is 0 Å². The lowest BCUT2D eigenvalue weighted by atomic mass is 9.86. The third-order valence-corrected chi connectivity index (χ3v) is 5.76. The molecule has 3 aromatic rings. The molecule has 0 saturated carbocycles. The summed E-state index contributed by atoms with van der Waals surface area (Å²) in [6.45, 7) is 2.66. The lowest BCUT2D eigenvalue weighted by molar-refractivity contribution is -0.172. The first-order chi connectivity index (χ1) is 14.3. The van der Waals surface area contributed by atoms with Gasteiger partial charge in [-0.3, -0.25) is 14.2 Å². The Balaban J connectivity index is 1.86. The molecule has 5 rings (SSSR count). The molecular weight excluding hydrogens is 388 g/mol. The van der Waals surface area contributed by atoms with Gasteiger partial charge in [-0.15, -0.1) is 0 Å². The zero-order valence-electron chi connectivity index (χ0n) is 16.3. The maximum absolute atomic E-state index is 13.4. The first-order valence-corrected chi connectivity index (χ1v) is 9.61. The van der Waals surface area contributed by atoms with E-state index in [1.54, 1.807) is 13.0 Å². The van der Waals surface area contributed by atoms with Gasteiger partial charge in [0.2, 0.25) is 6.23 Å². The minimum absolute atomic E-state index is 0.0487. The van der Waals surface area contributed by atoms with Crippen molar-refractivity contribution in [1.82, 2.24) is 9.55 Å². The topological polar surface area (TPSA) is 108 Å². The molecule has 8 nitrogen and oxygen atoms in total. The van der Waals surface area contributed by atoms with E-state index in [0.29, 0.717) is 22.5 Å². The first kappa shape index (κ1) is 18.5.